The van der Waals surface area contributed by atoms with Crippen LogP contribution in [-0.2, 0) is 6.54 Å². The molecule has 1 aliphatic rings. The number of piperazine rings is 1. The van der Waals surface area contributed by atoms with Crippen molar-refractivity contribution >= 4 is 5.82 Å². The van der Waals surface area contributed by atoms with Gasteiger partial charge in [-0.3, -0.25) is 4.90 Å². The van der Waals surface area contributed by atoms with E-state index in [1.165, 1.54) is 5.56 Å². The van der Waals surface area contributed by atoms with E-state index in [0.717, 1.165) is 49.8 Å². The number of hydrogen-bond donors (Lipinski definition) is 2. The van der Waals surface area contributed by atoms with Crippen LogP contribution in [0.1, 0.15) is 16.8 Å². The number of pyridine rings is 1. The van der Waals surface area contributed by atoms with Gasteiger partial charge in [-0.2, -0.15) is 0 Å². The van der Waals surface area contributed by atoms with Gasteiger partial charge in [0, 0.05) is 50.5 Å². The summed E-state index contributed by atoms with van der Waals surface area (Å²) in [6.45, 7) is 9.49. The predicted molar refractivity (Wildman–Crippen MR) is 77.3 cm³/mol. The Bertz CT molecular complexity index is 428. The molecular formula is C14H24N4O. The lowest BCUT2D eigenvalue weighted by molar-refractivity contribution is 0.188. The molecule has 0 amide bonds. The highest BCUT2D eigenvalue weighted by molar-refractivity contribution is 5.52. The number of nitrogens with two attached hydrogens (primary N) is 1. The van der Waals surface area contributed by atoms with E-state index >= 15 is 0 Å². The van der Waals surface area contributed by atoms with Crippen LogP contribution >= 0.6 is 0 Å². The number of β-amino-alcohol motifs (C(OH)–C–C–N with tert-alkyl or cyclic N) is 1. The Morgan fingerprint density at radius 2 is 1.95 bits per heavy atom. The van der Waals surface area contributed by atoms with Crippen LogP contribution in [0.3, 0.4) is 0 Å². The van der Waals surface area contributed by atoms with Crippen molar-refractivity contribution < 1.29 is 5.11 Å². The first-order chi connectivity index (χ1) is 9.15. The standard InChI is InChI=1S/C14H24N4O/c1-11-9-12(2)16-14(13(11)10-15)18-5-3-17(4-6-18)7-8-19/h9,19H,3-8,10,15H2,1-2H3. The molecule has 1 aromatic rings. The lowest BCUT2D eigenvalue weighted by Gasteiger charge is -2.36. The quantitative estimate of drug-likeness (QED) is 0.817. The third-order valence-corrected chi connectivity index (χ3v) is 3.75. The molecule has 5 heteroatoms. The van der Waals surface area contributed by atoms with E-state index in [0.29, 0.717) is 6.54 Å². The zero-order chi connectivity index (χ0) is 13.8. The second-order valence-corrected chi connectivity index (χ2v) is 5.14. The molecule has 106 valence electrons. The second-order valence-electron chi connectivity index (χ2n) is 5.14. The first kappa shape index (κ1) is 14.2. The summed E-state index contributed by atoms with van der Waals surface area (Å²) in [7, 11) is 0. The van der Waals surface area contributed by atoms with Gasteiger partial charge in [-0.05, 0) is 25.5 Å². The molecule has 0 aliphatic carbocycles. The van der Waals surface area contributed by atoms with E-state index in [1.807, 2.05) is 6.92 Å². The summed E-state index contributed by atoms with van der Waals surface area (Å²) in [5.41, 5.74) is 9.30. The molecule has 0 atom stereocenters. The van der Waals surface area contributed by atoms with Gasteiger partial charge in [0.15, 0.2) is 0 Å². The molecule has 0 spiro atoms. The van der Waals surface area contributed by atoms with Crippen molar-refractivity contribution in [2.24, 2.45) is 5.73 Å². The van der Waals surface area contributed by atoms with Gasteiger partial charge in [0.25, 0.3) is 0 Å². The van der Waals surface area contributed by atoms with Crippen LogP contribution in [0.5, 0.6) is 0 Å². The Kier molecular flexibility index (Phi) is 4.74. The number of aromatic nitrogens is 1. The van der Waals surface area contributed by atoms with E-state index < -0.39 is 0 Å². The number of aliphatic hydroxyl groups is 1. The van der Waals surface area contributed by atoms with E-state index in [-0.39, 0.29) is 6.61 Å². The van der Waals surface area contributed by atoms with Crippen molar-refractivity contribution in [3.63, 3.8) is 0 Å². The first-order valence-electron chi connectivity index (χ1n) is 6.91. The molecule has 5 nitrogen and oxygen atoms in total. The smallest absolute Gasteiger partial charge is 0.133 e. The van der Waals surface area contributed by atoms with Gasteiger partial charge < -0.3 is 15.7 Å². The minimum atomic E-state index is 0.232. The summed E-state index contributed by atoms with van der Waals surface area (Å²) in [6.07, 6.45) is 0. The highest BCUT2D eigenvalue weighted by Crippen LogP contribution is 2.23. The molecule has 0 aromatic carbocycles. The largest absolute Gasteiger partial charge is 0.395 e. The van der Waals surface area contributed by atoms with Crippen molar-refractivity contribution in [2.45, 2.75) is 20.4 Å². The maximum atomic E-state index is 8.97. The number of aryl methyl sites for hydroxylation is 2. The zero-order valence-electron chi connectivity index (χ0n) is 11.9. The fraction of sp³-hybridized carbons (Fsp3) is 0.643. The third-order valence-electron chi connectivity index (χ3n) is 3.75. The van der Waals surface area contributed by atoms with Crippen molar-refractivity contribution in [3.05, 3.63) is 22.9 Å². The van der Waals surface area contributed by atoms with Gasteiger partial charge in [0.1, 0.15) is 5.82 Å². The number of anilines is 1. The molecule has 1 fully saturated rings. The number of hydrogen-bond acceptors (Lipinski definition) is 5. The van der Waals surface area contributed by atoms with Gasteiger partial charge in [-0.15, -0.1) is 0 Å². The average Bonchev–Trinajstić information content (AvgIpc) is 2.39. The second kappa shape index (κ2) is 6.32. The number of nitrogens with zero attached hydrogens (tertiary/aromatic N) is 3. The normalized spacial score (nSPS) is 16.9. The van der Waals surface area contributed by atoms with Crippen molar-refractivity contribution in [1.29, 1.82) is 0 Å². The van der Waals surface area contributed by atoms with Gasteiger partial charge in [0.2, 0.25) is 0 Å². The summed E-state index contributed by atoms with van der Waals surface area (Å²) in [4.78, 5) is 9.27. The fourth-order valence-electron chi connectivity index (χ4n) is 2.68. The van der Waals surface area contributed by atoms with Gasteiger partial charge in [0.05, 0.1) is 6.61 Å². The molecule has 1 saturated heterocycles. The van der Waals surface area contributed by atoms with Crippen LogP contribution in [0.4, 0.5) is 5.82 Å². The van der Waals surface area contributed by atoms with Crippen LogP contribution in [-0.4, -0.2) is 54.3 Å². The Labute approximate surface area is 115 Å². The first-order valence-corrected chi connectivity index (χ1v) is 6.91. The molecule has 2 rings (SSSR count). The summed E-state index contributed by atoms with van der Waals surface area (Å²) < 4.78 is 0. The summed E-state index contributed by atoms with van der Waals surface area (Å²) >= 11 is 0. The monoisotopic (exact) mass is 264 g/mol. The van der Waals surface area contributed by atoms with Crippen LogP contribution in [0.2, 0.25) is 0 Å². The minimum absolute atomic E-state index is 0.232. The molecule has 3 N–H and O–H groups in total. The molecule has 1 aromatic heterocycles. The number of rotatable bonds is 4. The molecule has 19 heavy (non-hydrogen) atoms. The van der Waals surface area contributed by atoms with Crippen LogP contribution in [0.15, 0.2) is 6.07 Å². The minimum Gasteiger partial charge on any atom is -0.395 e. The molecule has 0 radical (unpaired) electrons. The third kappa shape index (κ3) is 3.23. The molecule has 2 heterocycles. The topological polar surface area (TPSA) is 65.6 Å². The molecule has 1 aliphatic heterocycles. The summed E-state index contributed by atoms with van der Waals surface area (Å²) in [5, 5.41) is 8.97. The lowest BCUT2D eigenvalue weighted by Crippen LogP contribution is -2.47. The number of aliphatic hydroxyl groups excluding tert-OH is 1. The van der Waals surface area contributed by atoms with Crippen LogP contribution in [0, 0.1) is 13.8 Å². The SMILES string of the molecule is Cc1cc(C)c(CN)c(N2CCN(CCO)CC2)n1. The zero-order valence-corrected chi connectivity index (χ0v) is 11.9. The Morgan fingerprint density at radius 3 is 2.53 bits per heavy atom. The molecular weight excluding hydrogens is 240 g/mol. The lowest BCUT2D eigenvalue weighted by atomic mass is 10.1. The molecule has 0 bridgehead atoms. The van der Waals surface area contributed by atoms with E-state index in [4.69, 9.17) is 10.8 Å². The fourth-order valence-corrected chi connectivity index (χ4v) is 2.68. The summed E-state index contributed by atoms with van der Waals surface area (Å²) in [6, 6.07) is 2.09. The maximum Gasteiger partial charge on any atom is 0.133 e. The highest BCUT2D eigenvalue weighted by atomic mass is 16.3. The predicted octanol–water partition coefficient (Wildman–Crippen LogP) is 0.271. The van der Waals surface area contributed by atoms with E-state index in [9.17, 15) is 0 Å². The Balaban J connectivity index is 2.15. The van der Waals surface area contributed by atoms with Crippen LogP contribution in [0.25, 0.3) is 0 Å². The Hall–Kier alpha value is -1.17. The van der Waals surface area contributed by atoms with Crippen molar-refractivity contribution in [3.8, 4) is 0 Å². The van der Waals surface area contributed by atoms with Gasteiger partial charge >= 0.3 is 0 Å². The molecule has 0 saturated carbocycles. The maximum absolute atomic E-state index is 8.97. The van der Waals surface area contributed by atoms with E-state index in [1.54, 1.807) is 0 Å². The van der Waals surface area contributed by atoms with E-state index in [2.05, 4.69) is 27.8 Å². The van der Waals surface area contributed by atoms with Gasteiger partial charge in [-0.25, -0.2) is 4.98 Å². The molecule has 0 unspecified atom stereocenters. The Morgan fingerprint density at radius 1 is 1.26 bits per heavy atom. The van der Waals surface area contributed by atoms with Gasteiger partial charge in [-0.1, -0.05) is 0 Å². The average molecular weight is 264 g/mol. The van der Waals surface area contributed by atoms with Crippen molar-refractivity contribution in [1.82, 2.24) is 9.88 Å². The highest BCUT2D eigenvalue weighted by Gasteiger charge is 2.20. The van der Waals surface area contributed by atoms with Crippen molar-refractivity contribution in [2.75, 3.05) is 44.2 Å². The summed E-state index contributed by atoms with van der Waals surface area (Å²) in [5.74, 6) is 1.05. The van der Waals surface area contributed by atoms with Crippen LogP contribution < -0.4 is 10.6 Å².